The van der Waals surface area contributed by atoms with Gasteiger partial charge in [-0.1, -0.05) is 19.1 Å². The summed E-state index contributed by atoms with van der Waals surface area (Å²) >= 11 is 0. The van der Waals surface area contributed by atoms with Crippen LogP contribution in [0.15, 0.2) is 24.3 Å². The Kier molecular flexibility index (Phi) is 3.28. The molecule has 0 saturated carbocycles. The first-order valence-electron chi connectivity index (χ1n) is 5.70. The normalized spacial score (nSPS) is 10.4. The number of nitro groups is 1. The highest BCUT2D eigenvalue weighted by Crippen LogP contribution is 2.35. The highest BCUT2D eigenvalue weighted by Gasteiger charge is 2.20. The summed E-state index contributed by atoms with van der Waals surface area (Å²) in [6.07, 6.45) is 0.554. The van der Waals surface area contributed by atoms with Gasteiger partial charge in [0.05, 0.1) is 21.7 Å². The average Bonchev–Trinajstić information content (AvgIpc) is 2.37. The number of anilines is 2. The van der Waals surface area contributed by atoms with Crippen LogP contribution in [-0.2, 0) is 6.42 Å². The zero-order valence-electron chi connectivity index (χ0n) is 10.3. The fraction of sp³-hybridized carbons (Fsp3) is 0.167. The molecule has 0 aliphatic rings. The van der Waals surface area contributed by atoms with Gasteiger partial charge in [-0.3, -0.25) is 10.1 Å². The van der Waals surface area contributed by atoms with E-state index in [9.17, 15) is 10.1 Å². The molecule has 0 aliphatic heterocycles. The number of benzene rings is 1. The number of hydrogen-bond acceptors (Lipinski definition) is 6. The minimum Gasteiger partial charge on any atom is -0.383 e. The maximum absolute atomic E-state index is 11.1. The lowest BCUT2D eigenvalue weighted by Gasteiger charge is -2.10. The molecule has 0 bridgehead atoms. The molecular formula is C12H13N5O2. The molecule has 2 aromatic rings. The molecule has 0 amide bonds. The summed E-state index contributed by atoms with van der Waals surface area (Å²) in [6, 6.07) is 6.35. The van der Waals surface area contributed by atoms with Gasteiger partial charge in [-0.15, -0.1) is 0 Å². The predicted molar refractivity (Wildman–Crippen MR) is 72.3 cm³/mol. The Morgan fingerprint density at radius 2 is 1.95 bits per heavy atom. The third kappa shape index (κ3) is 2.30. The van der Waals surface area contributed by atoms with E-state index in [-0.39, 0.29) is 17.5 Å². The molecule has 0 atom stereocenters. The lowest BCUT2D eigenvalue weighted by atomic mass is 10.0. The molecule has 7 nitrogen and oxygen atoms in total. The van der Waals surface area contributed by atoms with Crippen molar-refractivity contribution in [3.63, 3.8) is 0 Å². The van der Waals surface area contributed by atoms with Gasteiger partial charge in [-0.25, -0.2) is 4.98 Å². The Hall–Kier alpha value is -2.70. The van der Waals surface area contributed by atoms with E-state index in [0.29, 0.717) is 23.2 Å². The van der Waals surface area contributed by atoms with Gasteiger partial charge in [0.15, 0.2) is 0 Å². The standard InChI is InChI=1S/C12H13N5O2/c1-2-8-10(11(13)16-12(14)15-8)7-5-3-4-6-9(7)17(18)19/h3-6H,2H2,1H3,(H4,13,14,15,16). The van der Waals surface area contributed by atoms with Crippen LogP contribution in [0.1, 0.15) is 12.6 Å². The van der Waals surface area contributed by atoms with Crippen molar-refractivity contribution in [2.45, 2.75) is 13.3 Å². The van der Waals surface area contributed by atoms with Crippen LogP contribution in [0.3, 0.4) is 0 Å². The molecule has 0 unspecified atom stereocenters. The van der Waals surface area contributed by atoms with Gasteiger partial charge in [0.25, 0.3) is 5.69 Å². The summed E-state index contributed by atoms with van der Waals surface area (Å²) in [4.78, 5) is 18.6. The molecule has 1 aromatic heterocycles. The molecule has 0 aliphatic carbocycles. The van der Waals surface area contributed by atoms with Gasteiger partial charge >= 0.3 is 0 Å². The molecule has 19 heavy (non-hydrogen) atoms. The van der Waals surface area contributed by atoms with Gasteiger partial charge in [0.2, 0.25) is 5.95 Å². The van der Waals surface area contributed by atoms with E-state index in [2.05, 4.69) is 9.97 Å². The summed E-state index contributed by atoms with van der Waals surface area (Å²) in [5.41, 5.74) is 12.8. The van der Waals surface area contributed by atoms with Crippen LogP contribution in [0.25, 0.3) is 11.1 Å². The van der Waals surface area contributed by atoms with E-state index in [1.54, 1.807) is 18.2 Å². The van der Waals surface area contributed by atoms with Crippen LogP contribution in [-0.4, -0.2) is 14.9 Å². The minimum absolute atomic E-state index is 0.0303. The van der Waals surface area contributed by atoms with E-state index >= 15 is 0 Å². The second-order valence-corrected chi connectivity index (χ2v) is 3.92. The summed E-state index contributed by atoms with van der Waals surface area (Å²) in [5.74, 6) is 0.218. The van der Waals surface area contributed by atoms with Crippen LogP contribution in [0.5, 0.6) is 0 Å². The van der Waals surface area contributed by atoms with Crippen molar-refractivity contribution in [3.8, 4) is 11.1 Å². The van der Waals surface area contributed by atoms with Gasteiger partial charge < -0.3 is 11.5 Å². The van der Waals surface area contributed by atoms with Crippen molar-refractivity contribution in [1.29, 1.82) is 0 Å². The van der Waals surface area contributed by atoms with E-state index in [1.165, 1.54) is 6.07 Å². The maximum atomic E-state index is 11.1. The van der Waals surface area contributed by atoms with Gasteiger partial charge in [-0.2, -0.15) is 4.98 Å². The molecule has 4 N–H and O–H groups in total. The van der Waals surface area contributed by atoms with Crippen LogP contribution >= 0.6 is 0 Å². The van der Waals surface area contributed by atoms with Crippen LogP contribution in [0.4, 0.5) is 17.5 Å². The second kappa shape index (κ2) is 4.89. The van der Waals surface area contributed by atoms with Crippen LogP contribution < -0.4 is 11.5 Å². The first kappa shape index (κ1) is 12.7. The molecule has 1 heterocycles. The highest BCUT2D eigenvalue weighted by molar-refractivity contribution is 5.82. The molecule has 0 fully saturated rings. The third-order valence-electron chi connectivity index (χ3n) is 2.73. The predicted octanol–water partition coefficient (Wildman–Crippen LogP) is 1.78. The van der Waals surface area contributed by atoms with Crippen molar-refractivity contribution in [2.24, 2.45) is 0 Å². The van der Waals surface area contributed by atoms with Crippen LogP contribution in [0, 0.1) is 10.1 Å². The average molecular weight is 259 g/mol. The van der Waals surface area contributed by atoms with Crippen molar-refractivity contribution >= 4 is 17.5 Å². The Bertz CT molecular complexity index is 642. The van der Waals surface area contributed by atoms with Gasteiger partial charge in [0, 0.05) is 6.07 Å². The lowest BCUT2D eigenvalue weighted by Crippen LogP contribution is -2.07. The molecular weight excluding hydrogens is 246 g/mol. The van der Waals surface area contributed by atoms with E-state index in [4.69, 9.17) is 11.5 Å². The van der Waals surface area contributed by atoms with E-state index in [0.717, 1.165) is 0 Å². The largest absolute Gasteiger partial charge is 0.383 e. The number of rotatable bonds is 3. The SMILES string of the molecule is CCc1nc(N)nc(N)c1-c1ccccc1[N+](=O)[O-]. The molecule has 1 aromatic carbocycles. The Morgan fingerprint density at radius 3 is 2.58 bits per heavy atom. The Labute approximate surface area is 109 Å². The second-order valence-electron chi connectivity index (χ2n) is 3.92. The number of aromatic nitrogens is 2. The molecule has 98 valence electrons. The first-order chi connectivity index (χ1) is 9.04. The molecule has 2 rings (SSSR count). The fourth-order valence-corrected chi connectivity index (χ4v) is 1.94. The minimum atomic E-state index is -0.454. The Morgan fingerprint density at radius 1 is 1.26 bits per heavy atom. The smallest absolute Gasteiger partial charge is 0.277 e. The topological polar surface area (TPSA) is 121 Å². The summed E-state index contributed by atoms with van der Waals surface area (Å²) < 4.78 is 0. The molecule has 7 heteroatoms. The van der Waals surface area contributed by atoms with E-state index in [1.807, 2.05) is 6.92 Å². The zero-order valence-corrected chi connectivity index (χ0v) is 10.3. The number of para-hydroxylation sites is 1. The van der Waals surface area contributed by atoms with Crippen molar-refractivity contribution in [2.75, 3.05) is 11.5 Å². The first-order valence-corrected chi connectivity index (χ1v) is 5.70. The monoisotopic (exact) mass is 259 g/mol. The fourth-order valence-electron chi connectivity index (χ4n) is 1.94. The van der Waals surface area contributed by atoms with Crippen molar-refractivity contribution in [1.82, 2.24) is 9.97 Å². The lowest BCUT2D eigenvalue weighted by molar-refractivity contribution is -0.384. The van der Waals surface area contributed by atoms with Crippen molar-refractivity contribution in [3.05, 3.63) is 40.1 Å². The van der Waals surface area contributed by atoms with Crippen LogP contribution in [0.2, 0.25) is 0 Å². The quantitative estimate of drug-likeness (QED) is 0.640. The highest BCUT2D eigenvalue weighted by atomic mass is 16.6. The summed E-state index contributed by atoms with van der Waals surface area (Å²) in [6.45, 7) is 1.87. The number of nitrogens with zero attached hydrogens (tertiary/aromatic N) is 3. The number of nitro benzene ring substituents is 1. The zero-order chi connectivity index (χ0) is 14.0. The van der Waals surface area contributed by atoms with E-state index < -0.39 is 4.92 Å². The number of nitrogen functional groups attached to an aromatic ring is 2. The van der Waals surface area contributed by atoms with Gasteiger partial charge in [-0.05, 0) is 12.5 Å². The molecule has 0 spiro atoms. The van der Waals surface area contributed by atoms with Crippen molar-refractivity contribution < 1.29 is 4.92 Å². The maximum Gasteiger partial charge on any atom is 0.277 e. The van der Waals surface area contributed by atoms with Gasteiger partial charge in [0.1, 0.15) is 5.82 Å². The third-order valence-corrected chi connectivity index (χ3v) is 2.73. The number of nitrogens with two attached hydrogens (primary N) is 2. The summed E-state index contributed by atoms with van der Waals surface area (Å²) in [7, 11) is 0. The molecule has 0 radical (unpaired) electrons. The number of hydrogen-bond donors (Lipinski definition) is 2. The summed E-state index contributed by atoms with van der Waals surface area (Å²) in [5, 5.41) is 11.1. The Balaban J connectivity index is 2.75. The molecule has 0 saturated heterocycles. The number of aryl methyl sites for hydroxylation is 1.